The van der Waals surface area contributed by atoms with E-state index in [2.05, 4.69) is 44.4 Å². The maximum atomic E-state index is 14.4. The van der Waals surface area contributed by atoms with Crippen molar-refractivity contribution in [3.63, 3.8) is 0 Å². The number of hydrogen-bond acceptors (Lipinski definition) is 6. The Hall–Kier alpha value is -2.94. The highest BCUT2D eigenvalue weighted by Crippen LogP contribution is 2.30. The molecule has 1 aliphatic rings. The molecule has 0 spiro atoms. The monoisotopic (exact) mass is 416 g/mol. The topological polar surface area (TPSA) is 57.2 Å². The van der Waals surface area contributed by atoms with Crippen LogP contribution in [-0.2, 0) is 6.54 Å². The number of hydrogen-bond donors (Lipinski definition) is 1. The van der Waals surface area contributed by atoms with E-state index in [1.54, 1.807) is 0 Å². The number of aromatic nitrogens is 3. The summed E-state index contributed by atoms with van der Waals surface area (Å²) in [5, 5.41) is 12.1. The molecule has 0 unspecified atom stereocenters. The number of alkyl halides is 2. The van der Waals surface area contributed by atoms with E-state index in [9.17, 15) is 13.2 Å². The zero-order valence-corrected chi connectivity index (χ0v) is 17.0. The first-order valence-corrected chi connectivity index (χ1v) is 9.69. The van der Waals surface area contributed by atoms with Gasteiger partial charge in [-0.05, 0) is 27.1 Å². The van der Waals surface area contributed by atoms with Crippen molar-refractivity contribution in [3.05, 3.63) is 53.1 Å². The average molecular weight is 416 g/mol. The smallest absolute Gasteiger partial charge is 0.266 e. The first-order chi connectivity index (χ1) is 14.3. The van der Waals surface area contributed by atoms with Gasteiger partial charge in [-0.3, -0.25) is 4.98 Å². The summed E-state index contributed by atoms with van der Waals surface area (Å²) in [7, 11) is 4.12. The molecular formula is C21H23F3N6. The molecule has 1 saturated heterocycles. The molecule has 9 heteroatoms. The first-order valence-electron chi connectivity index (χ1n) is 9.69. The molecule has 0 amide bonds. The van der Waals surface area contributed by atoms with Crippen molar-refractivity contribution >= 4 is 22.4 Å². The third-order valence-corrected chi connectivity index (χ3v) is 5.52. The van der Waals surface area contributed by atoms with Gasteiger partial charge in [0.2, 0.25) is 0 Å². The Morgan fingerprint density at radius 2 is 2.00 bits per heavy atom. The summed E-state index contributed by atoms with van der Waals surface area (Å²) in [5.41, 5.74) is 1.89. The predicted molar refractivity (Wildman–Crippen MR) is 110 cm³/mol. The third kappa shape index (κ3) is 3.77. The molecule has 1 aliphatic heterocycles. The summed E-state index contributed by atoms with van der Waals surface area (Å²) in [4.78, 5) is 8.97. The molecule has 1 N–H and O–H groups in total. The van der Waals surface area contributed by atoms with Gasteiger partial charge >= 0.3 is 0 Å². The van der Waals surface area contributed by atoms with Gasteiger partial charge in [-0.15, -0.1) is 5.10 Å². The lowest BCUT2D eigenvalue weighted by Crippen LogP contribution is -2.57. The molecule has 1 fully saturated rings. The lowest BCUT2D eigenvalue weighted by atomic mass is 10.1. The third-order valence-electron chi connectivity index (χ3n) is 5.52. The fourth-order valence-electron chi connectivity index (χ4n) is 3.53. The minimum Gasteiger partial charge on any atom is -0.367 e. The molecule has 2 aromatic heterocycles. The van der Waals surface area contributed by atoms with E-state index >= 15 is 0 Å². The summed E-state index contributed by atoms with van der Waals surface area (Å²) in [5.74, 6) is -0.463. The summed E-state index contributed by atoms with van der Waals surface area (Å²) in [6.45, 7) is 3.65. The predicted octanol–water partition coefficient (Wildman–Crippen LogP) is 3.77. The number of halogens is 3. The van der Waals surface area contributed by atoms with Gasteiger partial charge in [-0.25, -0.2) is 13.2 Å². The SMILES string of the molecule is Cc1nnc(NCc2cccc(C(F)F)c2F)c2cc(N3CC(N(C)C)C3)cnc12. The molecule has 0 bridgehead atoms. The van der Waals surface area contributed by atoms with Gasteiger partial charge in [0.15, 0.2) is 5.82 Å². The first kappa shape index (κ1) is 20.3. The number of anilines is 2. The van der Waals surface area contributed by atoms with Crippen LogP contribution >= 0.6 is 0 Å². The van der Waals surface area contributed by atoms with Crippen LogP contribution in [0.15, 0.2) is 30.5 Å². The van der Waals surface area contributed by atoms with Crippen LogP contribution in [0.5, 0.6) is 0 Å². The van der Waals surface area contributed by atoms with Crippen molar-refractivity contribution in [3.8, 4) is 0 Å². The van der Waals surface area contributed by atoms with Crippen molar-refractivity contribution in [2.45, 2.75) is 25.9 Å². The zero-order chi connectivity index (χ0) is 21.4. The molecule has 6 nitrogen and oxygen atoms in total. The minimum absolute atomic E-state index is 0.00980. The van der Waals surface area contributed by atoms with Gasteiger partial charge in [-0.2, -0.15) is 5.10 Å². The summed E-state index contributed by atoms with van der Waals surface area (Å²) in [6, 6.07) is 6.48. The highest BCUT2D eigenvalue weighted by Gasteiger charge is 2.29. The van der Waals surface area contributed by atoms with E-state index < -0.39 is 17.8 Å². The Morgan fingerprint density at radius 1 is 1.23 bits per heavy atom. The zero-order valence-electron chi connectivity index (χ0n) is 17.0. The van der Waals surface area contributed by atoms with Gasteiger partial charge < -0.3 is 15.1 Å². The van der Waals surface area contributed by atoms with Crippen molar-refractivity contribution in [2.24, 2.45) is 0 Å². The molecule has 0 saturated carbocycles. The Labute approximate surface area is 172 Å². The number of fused-ring (bicyclic) bond motifs is 1. The fourth-order valence-corrected chi connectivity index (χ4v) is 3.53. The van der Waals surface area contributed by atoms with Gasteiger partial charge in [0.1, 0.15) is 5.82 Å². The van der Waals surface area contributed by atoms with Crippen LogP contribution in [0.4, 0.5) is 24.7 Å². The quantitative estimate of drug-likeness (QED) is 0.660. The fraction of sp³-hybridized carbons (Fsp3) is 0.381. The largest absolute Gasteiger partial charge is 0.367 e. The van der Waals surface area contributed by atoms with Crippen molar-refractivity contribution in [1.82, 2.24) is 20.1 Å². The summed E-state index contributed by atoms with van der Waals surface area (Å²) < 4.78 is 40.3. The van der Waals surface area contributed by atoms with Crippen LogP contribution in [0.3, 0.4) is 0 Å². The van der Waals surface area contributed by atoms with E-state index in [0.29, 0.717) is 23.1 Å². The second-order valence-electron chi connectivity index (χ2n) is 7.72. The van der Waals surface area contributed by atoms with Crippen molar-refractivity contribution in [2.75, 3.05) is 37.4 Å². The number of benzene rings is 1. The molecule has 0 aliphatic carbocycles. The number of rotatable bonds is 6. The molecule has 1 aromatic carbocycles. The second kappa shape index (κ2) is 8.06. The molecule has 4 rings (SSSR count). The van der Waals surface area contributed by atoms with Gasteiger partial charge in [-0.1, -0.05) is 18.2 Å². The molecule has 158 valence electrons. The number of nitrogens with zero attached hydrogens (tertiary/aromatic N) is 5. The van der Waals surface area contributed by atoms with E-state index in [-0.39, 0.29) is 12.1 Å². The highest BCUT2D eigenvalue weighted by molar-refractivity contribution is 5.92. The van der Waals surface area contributed by atoms with E-state index in [1.807, 2.05) is 19.2 Å². The van der Waals surface area contributed by atoms with Crippen molar-refractivity contribution in [1.29, 1.82) is 0 Å². The number of nitrogens with one attached hydrogen (secondary N) is 1. The standard InChI is InChI=1S/C21H23F3N6/c1-12-19-17(7-14(9-25-19)30-10-15(11-30)29(2)3)21(28-27-12)26-8-13-5-4-6-16(18(13)22)20(23)24/h4-7,9,15,20H,8,10-11H2,1-3H3,(H,26,28). The van der Waals surface area contributed by atoms with E-state index in [0.717, 1.165) is 30.2 Å². The molecular weight excluding hydrogens is 393 g/mol. The highest BCUT2D eigenvalue weighted by atomic mass is 19.3. The van der Waals surface area contributed by atoms with Gasteiger partial charge in [0, 0.05) is 36.6 Å². The average Bonchev–Trinajstić information content (AvgIpc) is 2.67. The molecule has 3 heterocycles. The molecule has 3 aromatic rings. The van der Waals surface area contributed by atoms with Gasteiger partial charge in [0.05, 0.1) is 28.7 Å². The minimum atomic E-state index is -2.86. The number of aryl methyl sites for hydroxylation is 1. The summed E-state index contributed by atoms with van der Waals surface area (Å²) in [6.07, 6.45) is -1.04. The maximum absolute atomic E-state index is 14.4. The van der Waals surface area contributed by atoms with Crippen molar-refractivity contribution < 1.29 is 13.2 Å². The Morgan fingerprint density at radius 3 is 2.70 bits per heavy atom. The number of likely N-dealkylation sites (N-methyl/N-ethyl adjacent to an activating group) is 1. The Kier molecular flexibility index (Phi) is 5.46. The van der Waals surface area contributed by atoms with E-state index in [4.69, 9.17) is 0 Å². The van der Waals surface area contributed by atoms with Crippen LogP contribution < -0.4 is 10.2 Å². The molecule has 0 radical (unpaired) electrons. The van der Waals surface area contributed by atoms with Crippen LogP contribution in [0, 0.1) is 12.7 Å². The van der Waals surface area contributed by atoms with Crippen LogP contribution in [0.1, 0.15) is 23.2 Å². The van der Waals surface area contributed by atoms with Crippen LogP contribution in [-0.4, -0.2) is 53.3 Å². The Bertz CT molecular complexity index is 1070. The molecule has 0 atom stereocenters. The summed E-state index contributed by atoms with van der Waals surface area (Å²) >= 11 is 0. The van der Waals surface area contributed by atoms with Gasteiger partial charge in [0.25, 0.3) is 6.43 Å². The van der Waals surface area contributed by atoms with Crippen LogP contribution in [0.2, 0.25) is 0 Å². The second-order valence-corrected chi connectivity index (χ2v) is 7.72. The lowest BCUT2D eigenvalue weighted by Gasteiger charge is -2.44. The lowest BCUT2D eigenvalue weighted by molar-refractivity contribution is 0.146. The molecule has 30 heavy (non-hydrogen) atoms. The van der Waals surface area contributed by atoms with E-state index in [1.165, 1.54) is 12.1 Å². The normalized spacial score (nSPS) is 14.6. The number of pyridine rings is 1. The Balaban J connectivity index is 1.61. The van der Waals surface area contributed by atoms with Crippen LogP contribution in [0.25, 0.3) is 10.9 Å². The maximum Gasteiger partial charge on any atom is 0.266 e.